The predicted octanol–water partition coefficient (Wildman–Crippen LogP) is 4.61. The molecule has 1 atom stereocenters. The highest BCUT2D eigenvalue weighted by molar-refractivity contribution is 6.49. The monoisotopic (exact) mass is 772 g/mol. The highest BCUT2D eigenvalue weighted by Gasteiger charge is 2.49. The number of benzene rings is 4. The molecule has 18 heteroatoms. The van der Waals surface area contributed by atoms with Gasteiger partial charge in [-0.3, -0.25) is 33.9 Å². The van der Waals surface area contributed by atoms with Crippen LogP contribution in [0.25, 0.3) is 0 Å². The van der Waals surface area contributed by atoms with Gasteiger partial charge in [0.2, 0.25) is 11.6 Å². The van der Waals surface area contributed by atoms with E-state index >= 15 is 0 Å². The maximum Gasteiger partial charge on any atom is 0.387 e. The first-order valence-corrected chi connectivity index (χ1v) is 15.1. The normalized spacial score (nSPS) is 14.3. The molecular formula is C36H33ClF4N6O7. The molecule has 0 saturated carbocycles. The third-order valence-corrected chi connectivity index (χ3v) is 7.27. The molecule has 0 spiro atoms. The molecule has 1 aliphatic heterocycles. The number of carbonyl (C=O) groups is 5. The van der Waals surface area contributed by atoms with Crippen LogP contribution in [0.15, 0.2) is 107 Å². The Balaban J connectivity index is 0.000000330. The fourth-order valence-corrected chi connectivity index (χ4v) is 4.70. The molecule has 0 saturated heterocycles. The highest BCUT2D eigenvalue weighted by Crippen LogP contribution is 2.40. The van der Waals surface area contributed by atoms with E-state index in [9.17, 15) is 41.5 Å². The first-order valence-electron chi connectivity index (χ1n) is 15.1. The third kappa shape index (κ3) is 10.9. The zero-order chi connectivity index (χ0) is 39.3. The molecule has 6 N–H and O–H groups in total. The van der Waals surface area contributed by atoms with Gasteiger partial charge in [-0.25, -0.2) is 4.99 Å². The van der Waals surface area contributed by atoms with Gasteiger partial charge in [0.15, 0.2) is 17.5 Å². The minimum absolute atomic E-state index is 0. The number of halogens is 5. The molecule has 1 unspecified atom stereocenters. The van der Waals surface area contributed by atoms with Gasteiger partial charge < -0.3 is 26.7 Å². The molecule has 1 heterocycles. The van der Waals surface area contributed by atoms with Crippen LogP contribution >= 0.6 is 12.4 Å². The number of hydrogen-bond donors (Lipinski definition) is 3. The summed E-state index contributed by atoms with van der Waals surface area (Å²) in [6.45, 7) is -5.92. The van der Waals surface area contributed by atoms with Crippen molar-refractivity contribution in [1.82, 2.24) is 4.90 Å². The van der Waals surface area contributed by atoms with Gasteiger partial charge in [0.25, 0.3) is 5.91 Å². The van der Waals surface area contributed by atoms with Gasteiger partial charge in [-0.05, 0) is 59.7 Å². The van der Waals surface area contributed by atoms with E-state index in [1.807, 2.05) is 0 Å². The van der Waals surface area contributed by atoms with Gasteiger partial charge in [-0.15, -0.1) is 12.4 Å². The van der Waals surface area contributed by atoms with Crippen molar-refractivity contribution >= 4 is 54.4 Å². The van der Waals surface area contributed by atoms with E-state index < -0.39 is 36.2 Å². The molecule has 1 aliphatic rings. The Bertz CT molecular complexity index is 2010. The zero-order valence-electron chi connectivity index (χ0n) is 28.4. The Morgan fingerprint density at radius 2 is 1.22 bits per heavy atom. The fourth-order valence-electron chi connectivity index (χ4n) is 4.70. The molecule has 13 nitrogen and oxygen atoms in total. The standard InChI is InChI=1S/C18H15F2N3O3.C16H10F2O4.C2H7N3.ClH/c1-23-15(25)18(22-17(23)21,13-4-2-3-11(9-13)10-24)12-5-7-14(8-6-12)26-16(19)20;17-16(18)22-13-6-4-11(5-7-13)14(20)15(21)12-3-1-2-10(8-12)9-19;1-5-2(3)4;/h2-10,16H,1H3,(H2,21,22);1-9,16H;1H3,(H4,3,4,5);1H. The number of Topliss-reactive ketones (excluding diaryl/α,β-unsaturated/α-hetero) is 2. The van der Waals surface area contributed by atoms with E-state index in [0.29, 0.717) is 29.3 Å². The van der Waals surface area contributed by atoms with Gasteiger partial charge in [-0.2, -0.15) is 17.6 Å². The van der Waals surface area contributed by atoms with Crippen LogP contribution in [-0.2, 0) is 10.3 Å². The number of ketones is 2. The molecule has 284 valence electrons. The highest BCUT2D eigenvalue weighted by atomic mass is 35.5. The number of likely N-dealkylation sites (N-methyl/N-ethyl adjacent to an activating group) is 1. The summed E-state index contributed by atoms with van der Waals surface area (Å²) in [4.78, 5) is 67.8. The molecule has 4 aromatic rings. The fraction of sp³-hybridized carbons (Fsp3) is 0.139. The summed E-state index contributed by atoms with van der Waals surface area (Å²) in [6, 6.07) is 22.5. The molecule has 5 rings (SSSR count). The maximum absolute atomic E-state index is 13.0. The van der Waals surface area contributed by atoms with Crippen LogP contribution in [0.1, 0.15) is 52.6 Å². The molecule has 0 bridgehead atoms. The summed E-state index contributed by atoms with van der Waals surface area (Å²) in [6.07, 6.45) is 1.23. The lowest BCUT2D eigenvalue weighted by Gasteiger charge is -2.26. The maximum atomic E-state index is 13.0. The first-order chi connectivity index (χ1) is 25.2. The largest absolute Gasteiger partial charge is 0.435 e. The molecule has 4 aromatic carbocycles. The van der Waals surface area contributed by atoms with Crippen molar-refractivity contribution in [3.8, 4) is 11.5 Å². The summed E-state index contributed by atoms with van der Waals surface area (Å²) >= 11 is 0. The predicted molar refractivity (Wildman–Crippen MR) is 193 cm³/mol. The van der Waals surface area contributed by atoms with Gasteiger partial charge in [0.1, 0.15) is 24.1 Å². The Kier molecular flexibility index (Phi) is 16.0. The SMILES string of the molecule is CN1C(=O)C(c2ccc(OC(F)F)cc2)(c2cccc(C=O)c2)N=C1N.CN=C(N)N.Cl.O=Cc1cccc(C(=O)C(=O)c2ccc(OC(F)F)cc2)c1. The summed E-state index contributed by atoms with van der Waals surface area (Å²) in [7, 11) is 3.02. The second kappa shape index (κ2) is 19.8. The Labute approximate surface area is 311 Å². The van der Waals surface area contributed by atoms with Crippen molar-refractivity contribution in [2.24, 2.45) is 27.2 Å². The lowest BCUT2D eigenvalue weighted by atomic mass is 9.82. The number of ether oxygens (including phenoxy) is 2. The van der Waals surface area contributed by atoms with E-state index in [0.717, 1.165) is 0 Å². The first kappa shape index (κ1) is 43.5. The number of amides is 1. The van der Waals surface area contributed by atoms with Gasteiger partial charge >= 0.3 is 13.2 Å². The molecule has 54 heavy (non-hydrogen) atoms. The number of alkyl halides is 4. The number of carbonyl (C=O) groups excluding carboxylic acids is 5. The van der Waals surface area contributed by atoms with Crippen molar-refractivity contribution in [3.05, 3.63) is 130 Å². The number of nitrogens with two attached hydrogens (primary N) is 3. The summed E-state index contributed by atoms with van der Waals surface area (Å²) in [5.74, 6) is -2.01. The topological polar surface area (TPSA) is 210 Å². The van der Waals surface area contributed by atoms with E-state index in [1.54, 1.807) is 24.3 Å². The zero-order valence-corrected chi connectivity index (χ0v) is 29.2. The third-order valence-electron chi connectivity index (χ3n) is 7.27. The number of hydrogen-bond acceptors (Lipinski definition) is 10. The minimum Gasteiger partial charge on any atom is -0.435 e. The number of rotatable bonds is 11. The average Bonchev–Trinajstić information content (AvgIpc) is 3.39. The van der Waals surface area contributed by atoms with Crippen LogP contribution in [0.2, 0.25) is 0 Å². The summed E-state index contributed by atoms with van der Waals surface area (Å²) < 4.78 is 57.3. The Morgan fingerprint density at radius 3 is 1.67 bits per heavy atom. The lowest BCUT2D eigenvalue weighted by molar-refractivity contribution is -0.129. The number of guanidine groups is 2. The summed E-state index contributed by atoms with van der Waals surface area (Å²) in [5, 5.41) is 0. The summed E-state index contributed by atoms with van der Waals surface area (Å²) in [5.41, 5.74) is 15.6. The van der Waals surface area contributed by atoms with Crippen LogP contribution in [0, 0.1) is 0 Å². The lowest BCUT2D eigenvalue weighted by Crippen LogP contribution is -2.41. The van der Waals surface area contributed by atoms with Crippen molar-refractivity contribution in [2.75, 3.05) is 14.1 Å². The van der Waals surface area contributed by atoms with E-state index in [4.69, 9.17) is 17.2 Å². The van der Waals surface area contributed by atoms with E-state index in [1.165, 1.54) is 91.8 Å². The molecule has 0 aliphatic carbocycles. The average molecular weight is 773 g/mol. The van der Waals surface area contributed by atoms with Crippen LogP contribution < -0.4 is 26.7 Å². The molecule has 1 amide bonds. The molecule has 0 fully saturated rings. The number of nitrogens with zero attached hydrogens (tertiary/aromatic N) is 3. The van der Waals surface area contributed by atoms with Crippen molar-refractivity contribution < 1.29 is 51.0 Å². The van der Waals surface area contributed by atoms with Crippen molar-refractivity contribution in [3.63, 3.8) is 0 Å². The number of aliphatic imine (C=N–C) groups is 2. The minimum atomic E-state index is -2.96. The second-order valence-electron chi connectivity index (χ2n) is 10.6. The molecule has 0 aromatic heterocycles. The van der Waals surface area contributed by atoms with E-state index in [2.05, 4.69) is 19.5 Å². The van der Waals surface area contributed by atoms with E-state index in [-0.39, 0.29) is 52.5 Å². The van der Waals surface area contributed by atoms with Crippen LogP contribution in [0.4, 0.5) is 17.6 Å². The quantitative estimate of drug-likeness (QED) is 0.0482. The molecular weight excluding hydrogens is 740 g/mol. The van der Waals surface area contributed by atoms with Crippen molar-refractivity contribution in [2.45, 2.75) is 18.8 Å². The number of aldehydes is 2. The van der Waals surface area contributed by atoms with Crippen LogP contribution in [-0.4, -0.2) is 74.2 Å². The smallest absolute Gasteiger partial charge is 0.387 e. The van der Waals surface area contributed by atoms with Gasteiger partial charge in [0, 0.05) is 36.3 Å². The Hall–Kier alpha value is -6.62. The van der Waals surface area contributed by atoms with Crippen molar-refractivity contribution in [1.29, 1.82) is 0 Å². The Morgan fingerprint density at radius 1 is 0.759 bits per heavy atom. The molecule has 0 radical (unpaired) electrons. The second-order valence-corrected chi connectivity index (χ2v) is 10.6. The van der Waals surface area contributed by atoms with Gasteiger partial charge in [0.05, 0.1) is 0 Å². The van der Waals surface area contributed by atoms with Crippen LogP contribution in [0.3, 0.4) is 0 Å². The van der Waals surface area contributed by atoms with Crippen LogP contribution in [0.5, 0.6) is 11.5 Å². The van der Waals surface area contributed by atoms with Gasteiger partial charge in [-0.1, -0.05) is 48.5 Å².